The van der Waals surface area contributed by atoms with E-state index in [1.165, 1.54) is 33.5 Å². The van der Waals surface area contributed by atoms with Crippen LogP contribution >= 0.6 is 0 Å². The third kappa shape index (κ3) is 1.60. The Kier molecular flexibility index (Phi) is 2.27. The summed E-state index contributed by atoms with van der Waals surface area (Å²) in [5.41, 5.74) is 8.17. The van der Waals surface area contributed by atoms with E-state index in [-0.39, 0.29) is 0 Å². The van der Waals surface area contributed by atoms with Crippen LogP contribution in [0.4, 0.5) is 0 Å². The predicted octanol–water partition coefficient (Wildman–Crippen LogP) is 3.26. The molecular weight excluding hydrogens is 232 g/mol. The highest BCUT2D eigenvalue weighted by Gasteiger charge is 2.20. The lowest BCUT2D eigenvalue weighted by Gasteiger charge is -2.17. The maximum atomic E-state index is 3.46. The van der Waals surface area contributed by atoms with E-state index >= 15 is 0 Å². The van der Waals surface area contributed by atoms with Gasteiger partial charge in [0.1, 0.15) is 0 Å². The van der Waals surface area contributed by atoms with E-state index in [4.69, 9.17) is 0 Å². The number of aromatic amines is 2. The molecule has 0 aliphatic heterocycles. The summed E-state index contributed by atoms with van der Waals surface area (Å²) >= 11 is 0. The first-order valence-electron chi connectivity index (χ1n) is 6.68. The SMILES string of the molecule is c1ccc2c(c1)CCc1c-2c[nH]c1-c1cc[nH+]cc1. The van der Waals surface area contributed by atoms with E-state index in [0.29, 0.717) is 0 Å². The first kappa shape index (κ1) is 10.6. The van der Waals surface area contributed by atoms with Gasteiger partial charge in [0.15, 0.2) is 12.4 Å². The summed E-state index contributed by atoms with van der Waals surface area (Å²) in [6.07, 6.45) is 8.34. The average Bonchev–Trinajstić information content (AvgIpc) is 2.92. The third-order valence-electron chi connectivity index (χ3n) is 3.95. The first-order valence-corrected chi connectivity index (χ1v) is 6.68. The molecule has 0 radical (unpaired) electrons. The highest BCUT2D eigenvalue weighted by Crippen LogP contribution is 2.38. The zero-order valence-corrected chi connectivity index (χ0v) is 10.6. The van der Waals surface area contributed by atoms with Crippen molar-refractivity contribution in [1.82, 2.24) is 4.98 Å². The maximum absolute atomic E-state index is 3.46. The van der Waals surface area contributed by atoms with Gasteiger partial charge in [-0.15, -0.1) is 0 Å². The van der Waals surface area contributed by atoms with E-state index in [1.54, 1.807) is 0 Å². The molecule has 92 valence electrons. The molecule has 0 unspecified atom stereocenters. The Bertz CT molecular complexity index is 713. The number of H-pyrrole nitrogens is 2. The number of hydrogen-bond donors (Lipinski definition) is 1. The van der Waals surface area contributed by atoms with E-state index in [0.717, 1.165) is 12.8 Å². The van der Waals surface area contributed by atoms with Crippen LogP contribution in [0.1, 0.15) is 11.1 Å². The molecule has 2 N–H and O–H groups in total. The van der Waals surface area contributed by atoms with Crippen LogP contribution < -0.4 is 4.98 Å². The fourth-order valence-corrected chi connectivity index (χ4v) is 3.03. The highest BCUT2D eigenvalue weighted by molar-refractivity contribution is 5.80. The van der Waals surface area contributed by atoms with Crippen molar-refractivity contribution in [2.24, 2.45) is 0 Å². The van der Waals surface area contributed by atoms with Crippen molar-refractivity contribution < 1.29 is 4.98 Å². The van der Waals surface area contributed by atoms with E-state index < -0.39 is 0 Å². The minimum Gasteiger partial charge on any atom is -0.360 e. The lowest BCUT2D eigenvalue weighted by Crippen LogP contribution is -2.03. The molecule has 0 fully saturated rings. The molecule has 0 atom stereocenters. The minimum atomic E-state index is 1.11. The van der Waals surface area contributed by atoms with Crippen molar-refractivity contribution in [3.63, 3.8) is 0 Å². The summed E-state index contributed by atoms with van der Waals surface area (Å²) in [6, 6.07) is 13.0. The lowest BCUT2D eigenvalue weighted by atomic mass is 9.86. The molecule has 2 heterocycles. The fraction of sp³-hybridized carbons (Fsp3) is 0.118. The molecule has 0 bridgehead atoms. The van der Waals surface area contributed by atoms with Crippen LogP contribution in [0.25, 0.3) is 22.4 Å². The summed E-state index contributed by atoms with van der Waals surface area (Å²) in [5.74, 6) is 0. The molecule has 2 heteroatoms. The molecular formula is C17H15N2+. The Hall–Kier alpha value is -2.35. The fourth-order valence-electron chi connectivity index (χ4n) is 3.03. The first-order chi connectivity index (χ1) is 9.43. The van der Waals surface area contributed by atoms with Crippen LogP contribution in [0, 0.1) is 0 Å². The molecule has 2 nitrogen and oxygen atoms in total. The normalized spacial score (nSPS) is 12.8. The average molecular weight is 247 g/mol. The second-order valence-electron chi connectivity index (χ2n) is 5.00. The van der Waals surface area contributed by atoms with Gasteiger partial charge in [-0.3, -0.25) is 0 Å². The van der Waals surface area contributed by atoms with Crippen molar-refractivity contribution in [2.45, 2.75) is 12.8 Å². The summed E-state index contributed by atoms with van der Waals surface area (Å²) in [7, 11) is 0. The summed E-state index contributed by atoms with van der Waals surface area (Å²) in [4.78, 5) is 6.54. The van der Waals surface area contributed by atoms with E-state index in [1.807, 2.05) is 12.4 Å². The molecule has 0 saturated heterocycles. The quantitative estimate of drug-likeness (QED) is 0.684. The number of benzene rings is 1. The minimum absolute atomic E-state index is 1.11. The van der Waals surface area contributed by atoms with Crippen molar-refractivity contribution >= 4 is 0 Å². The number of fused-ring (bicyclic) bond motifs is 3. The molecule has 1 aliphatic carbocycles. The topological polar surface area (TPSA) is 29.9 Å². The van der Waals surface area contributed by atoms with Crippen molar-refractivity contribution in [3.05, 3.63) is 66.1 Å². The van der Waals surface area contributed by atoms with Gasteiger partial charge in [-0.25, -0.2) is 4.98 Å². The molecule has 1 aliphatic rings. The number of rotatable bonds is 1. The van der Waals surface area contributed by atoms with Gasteiger partial charge in [-0.05, 0) is 29.5 Å². The Morgan fingerprint density at radius 1 is 0.895 bits per heavy atom. The summed E-state index contributed by atoms with van der Waals surface area (Å²) in [6.45, 7) is 0. The molecule has 0 saturated carbocycles. The Balaban J connectivity index is 1.91. The van der Waals surface area contributed by atoms with Crippen molar-refractivity contribution in [3.8, 4) is 22.4 Å². The van der Waals surface area contributed by atoms with Gasteiger partial charge in [0, 0.05) is 35.2 Å². The van der Waals surface area contributed by atoms with Crippen LogP contribution in [0.2, 0.25) is 0 Å². The van der Waals surface area contributed by atoms with Crippen LogP contribution in [0.5, 0.6) is 0 Å². The number of nitrogens with one attached hydrogen (secondary N) is 2. The van der Waals surface area contributed by atoms with Gasteiger partial charge in [-0.2, -0.15) is 0 Å². The molecule has 3 aromatic rings. The van der Waals surface area contributed by atoms with Crippen molar-refractivity contribution in [2.75, 3.05) is 0 Å². The van der Waals surface area contributed by atoms with Crippen LogP contribution in [-0.2, 0) is 12.8 Å². The number of aromatic nitrogens is 2. The monoisotopic (exact) mass is 247 g/mol. The zero-order valence-electron chi connectivity index (χ0n) is 10.6. The summed E-state index contributed by atoms with van der Waals surface area (Å²) < 4.78 is 0. The van der Waals surface area contributed by atoms with E-state index in [9.17, 15) is 0 Å². The maximum Gasteiger partial charge on any atom is 0.167 e. The molecule has 2 aromatic heterocycles. The highest BCUT2D eigenvalue weighted by atomic mass is 14.7. The number of hydrogen-bond acceptors (Lipinski definition) is 0. The van der Waals surface area contributed by atoms with Crippen LogP contribution in [0.3, 0.4) is 0 Å². The van der Waals surface area contributed by atoms with Gasteiger partial charge in [-0.1, -0.05) is 24.3 Å². The molecule has 1 aromatic carbocycles. The van der Waals surface area contributed by atoms with Crippen molar-refractivity contribution in [1.29, 1.82) is 0 Å². The largest absolute Gasteiger partial charge is 0.360 e. The lowest BCUT2D eigenvalue weighted by molar-refractivity contribution is -0.377. The van der Waals surface area contributed by atoms with E-state index in [2.05, 4.69) is 52.6 Å². The standard InChI is InChI=1S/C17H14N2/c1-2-4-14-12(3-1)5-6-15-16(14)11-19-17(15)13-7-9-18-10-8-13/h1-4,7-11,19H,5-6H2/p+1. The predicted molar refractivity (Wildman–Crippen MR) is 75.6 cm³/mol. The number of pyridine rings is 1. The zero-order chi connectivity index (χ0) is 12.7. The van der Waals surface area contributed by atoms with Gasteiger partial charge in [0.2, 0.25) is 0 Å². The van der Waals surface area contributed by atoms with Gasteiger partial charge in [0.25, 0.3) is 0 Å². The molecule has 4 rings (SSSR count). The second-order valence-corrected chi connectivity index (χ2v) is 5.00. The Morgan fingerprint density at radius 3 is 2.63 bits per heavy atom. The number of aryl methyl sites for hydroxylation is 1. The van der Waals surface area contributed by atoms with Gasteiger partial charge < -0.3 is 4.98 Å². The molecule has 0 amide bonds. The van der Waals surface area contributed by atoms with Gasteiger partial charge >= 0.3 is 0 Å². The summed E-state index contributed by atoms with van der Waals surface area (Å²) in [5, 5.41) is 0. The molecule has 19 heavy (non-hydrogen) atoms. The van der Waals surface area contributed by atoms with Crippen LogP contribution in [-0.4, -0.2) is 4.98 Å². The second kappa shape index (κ2) is 4.09. The Morgan fingerprint density at radius 2 is 1.74 bits per heavy atom. The Labute approximate surface area is 112 Å². The smallest absolute Gasteiger partial charge is 0.167 e. The molecule has 0 spiro atoms. The van der Waals surface area contributed by atoms with Gasteiger partial charge in [0.05, 0.1) is 0 Å². The third-order valence-corrected chi connectivity index (χ3v) is 3.95. The van der Waals surface area contributed by atoms with Crippen LogP contribution in [0.15, 0.2) is 55.0 Å².